The third-order valence-corrected chi connectivity index (χ3v) is 6.93. The van der Waals surface area contributed by atoms with Crippen LogP contribution in [0.3, 0.4) is 0 Å². The van der Waals surface area contributed by atoms with Gasteiger partial charge in [0.2, 0.25) is 5.91 Å². The van der Waals surface area contributed by atoms with Gasteiger partial charge in [-0.2, -0.15) is 10.2 Å². The molecule has 0 spiro atoms. The molecule has 0 bridgehead atoms. The summed E-state index contributed by atoms with van der Waals surface area (Å²) in [5, 5.41) is 15.1. The van der Waals surface area contributed by atoms with E-state index in [1.165, 1.54) is 12.4 Å². The van der Waals surface area contributed by atoms with Crippen molar-refractivity contribution in [2.75, 3.05) is 57.0 Å². The van der Waals surface area contributed by atoms with Crippen molar-refractivity contribution in [3.8, 4) is 11.5 Å². The average molecular weight is 575 g/mol. The Bertz CT molecular complexity index is 1510. The Balaban J connectivity index is 1.33. The second-order valence-electron chi connectivity index (χ2n) is 9.55. The fourth-order valence-corrected chi connectivity index (χ4v) is 4.57. The predicted octanol–water partition coefficient (Wildman–Crippen LogP) is 4.15. The normalized spacial score (nSPS) is 14.0. The van der Waals surface area contributed by atoms with Crippen LogP contribution in [0.25, 0.3) is 10.9 Å². The number of nitrogens with zero attached hydrogens (tertiary/aromatic N) is 6. The Morgan fingerprint density at radius 2 is 1.95 bits per heavy atom. The summed E-state index contributed by atoms with van der Waals surface area (Å²) >= 11 is 6.50. The van der Waals surface area contributed by atoms with Crippen LogP contribution in [0.4, 0.5) is 17.2 Å². The molecule has 41 heavy (non-hydrogen) atoms. The Hall–Kier alpha value is -4.32. The fourth-order valence-electron chi connectivity index (χ4n) is 4.34. The molecule has 1 saturated heterocycles. The number of aromatic nitrogens is 4. The van der Waals surface area contributed by atoms with Crippen molar-refractivity contribution in [3.05, 3.63) is 78.4 Å². The first-order valence-electron chi connectivity index (χ1n) is 13.2. The van der Waals surface area contributed by atoms with E-state index in [4.69, 9.17) is 21.1 Å². The molecule has 11 nitrogen and oxygen atoms in total. The number of rotatable bonds is 11. The van der Waals surface area contributed by atoms with E-state index < -0.39 is 0 Å². The Kier molecular flexibility index (Phi) is 9.19. The number of halogens is 1. The summed E-state index contributed by atoms with van der Waals surface area (Å²) in [5.74, 6) is 1.24. The van der Waals surface area contributed by atoms with Crippen LogP contribution >= 0.6 is 11.6 Å². The van der Waals surface area contributed by atoms with Crippen LogP contribution in [0.2, 0.25) is 5.02 Å². The second-order valence-corrected chi connectivity index (χ2v) is 9.96. The maximum atomic E-state index is 12.2. The number of anilines is 3. The van der Waals surface area contributed by atoms with Gasteiger partial charge in [-0.25, -0.2) is 9.97 Å². The summed E-state index contributed by atoms with van der Waals surface area (Å²) < 4.78 is 11.9. The number of nitrogens with one attached hydrogen (secondary N) is 2. The largest absolute Gasteiger partial charge is 0.490 e. The number of hydrogen-bond acceptors (Lipinski definition) is 10. The standard InChI is InChI=1S/C29H31ClN8O3/c1-3-28(39)35-25-16-22-24(17-27(25)40-14-13-38-11-9-37(2)10-12-38)31-19-32-29(22)34-20-6-7-26(23(30)15-20)41-18-21-5-4-8-33-36-21/h3-8,15-17,19H,1,9-14,18H2,2H3,(H,35,39)(H,31,32,34). The first kappa shape index (κ1) is 28.2. The third kappa shape index (κ3) is 7.46. The number of hydrogen-bond donors (Lipinski definition) is 2. The molecular weight excluding hydrogens is 544 g/mol. The van der Waals surface area contributed by atoms with Gasteiger partial charge in [0.15, 0.2) is 0 Å². The number of carbonyl (C=O) groups excluding carboxylic acids is 1. The maximum Gasteiger partial charge on any atom is 0.247 e. The minimum absolute atomic E-state index is 0.246. The van der Waals surface area contributed by atoms with Gasteiger partial charge < -0.3 is 25.0 Å². The van der Waals surface area contributed by atoms with Crippen molar-refractivity contribution >= 4 is 45.6 Å². The number of piperazine rings is 1. The van der Waals surface area contributed by atoms with E-state index >= 15 is 0 Å². The van der Waals surface area contributed by atoms with Gasteiger partial charge in [0.1, 0.15) is 42.6 Å². The van der Waals surface area contributed by atoms with Crippen molar-refractivity contribution in [2.45, 2.75) is 6.61 Å². The van der Waals surface area contributed by atoms with Gasteiger partial charge in [0.05, 0.1) is 16.2 Å². The molecule has 212 valence electrons. The molecular formula is C29H31ClN8O3. The van der Waals surface area contributed by atoms with E-state index in [1.807, 2.05) is 12.1 Å². The van der Waals surface area contributed by atoms with Crippen molar-refractivity contribution < 1.29 is 14.3 Å². The minimum Gasteiger partial charge on any atom is -0.490 e. The summed E-state index contributed by atoms with van der Waals surface area (Å²) in [6.45, 7) is 9.15. The molecule has 0 atom stereocenters. The molecule has 1 aliphatic heterocycles. The molecule has 0 radical (unpaired) electrons. The summed E-state index contributed by atoms with van der Waals surface area (Å²) in [6, 6.07) is 12.6. The van der Waals surface area contributed by atoms with E-state index in [2.05, 4.69) is 54.2 Å². The quantitative estimate of drug-likeness (QED) is 0.253. The fraction of sp³-hybridized carbons (Fsp3) is 0.276. The van der Waals surface area contributed by atoms with Crippen molar-refractivity contribution in [1.82, 2.24) is 30.0 Å². The van der Waals surface area contributed by atoms with E-state index in [0.717, 1.165) is 32.7 Å². The summed E-state index contributed by atoms with van der Waals surface area (Å²) in [7, 11) is 2.13. The predicted molar refractivity (Wildman–Crippen MR) is 159 cm³/mol. The van der Waals surface area contributed by atoms with E-state index in [-0.39, 0.29) is 12.5 Å². The lowest BCUT2D eigenvalue weighted by molar-refractivity contribution is -0.111. The van der Waals surface area contributed by atoms with Crippen LogP contribution in [0, 0.1) is 0 Å². The maximum absolute atomic E-state index is 12.2. The Morgan fingerprint density at radius 1 is 1.10 bits per heavy atom. The molecule has 0 aliphatic carbocycles. The minimum atomic E-state index is -0.344. The number of amides is 1. The van der Waals surface area contributed by atoms with Crippen molar-refractivity contribution in [3.63, 3.8) is 0 Å². The van der Waals surface area contributed by atoms with Crippen LogP contribution in [-0.2, 0) is 11.4 Å². The molecule has 5 rings (SSSR count). The van der Waals surface area contributed by atoms with Crippen molar-refractivity contribution in [2.24, 2.45) is 0 Å². The van der Waals surface area contributed by atoms with Crippen LogP contribution in [0.15, 0.2) is 67.6 Å². The number of ether oxygens (including phenoxy) is 2. The molecule has 2 aromatic heterocycles. The molecule has 4 aromatic rings. The highest BCUT2D eigenvalue weighted by Crippen LogP contribution is 2.35. The molecule has 12 heteroatoms. The topological polar surface area (TPSA) is 118 Å². The molecule has 3 heterocycles. The third-order valence-electron chi connectivity index (χ3n) is 6.64. The lowest BCUT2D eigenvalue weighted by Gasteiger charge is -2.32. The zero-order valence-corrected chi connectivity index (χ0v) is 23.5. The van der Waals surface area contributed by atoms with Gasteiger partial charge in [0, 0.05) is 56.1 Å². The molecule has 2 aromatic carbocycles. The van der Waals surface area contributed by atoms with Gasteiger partial charge in [0.25, 0.3) is 0 Å². The first-order valence-corrected chi connectivity index (χ1v) is 13.6. The van der Waals surface area contributed by atoms with Crippen LogP contribution in [0.5, 0.6) is 11.5 Å². The van der Waals surface area contributed by atoms with Crippen LogP contribution in [-0.4, -0.2) is 82.3 Å². The van der Waals surface area contributed by atoms with E-state index in [1.54, 1.807) is 36.5 Å². The van der Waals surface area contributed by atoms with Crippen LogP contribution in [0.1, 0.15) is 5.69 Å². The number of likely N-dealkylation sites (N-methyl/N-ethyl adjacent to an activating group) is 1. The number of benzene rings is 2. The SMILES string of the molecule is C=CC(=O)Nc1cc2c(Nc3ccc(OCc4cccnn4)c(Cl)c3)ncnc2cc1OCCN1CCN(C)CC1. The summed E-state index contributed by atoms with van der Waals surface area (Å²) in [4.78, 5) is 25.8. The second kappa shape index (κ2) is 13.4. The molecule has 1 amide bonds. The summed E-state index contributed by atoms with van der Waals surface area (Å²) in [5.41, 5.74) is 2.56. The lowest BCUT2D eigenvalue weighted by Crippen LogP contribution is -2.45. The van der Waals surface area contributed by atoms with Gasteiger partial charge in [-0.05, 0) is 49.5 Å². The molecule has 1 fully saturated rings. The number of fused-ring (bicyclic) bond motifs is 1. The van der Waals surface area contributed by atoms with Gasteiger partial charge in [-0.3, -0.25) is 9.69 Å². The highest BCUT2D eigenvalue weighted by Gasteiger charge is 2.16. The van der Waals surface area contributed by atoms with E-state index in [0.29, 0.717) is 56.9 Å². The highest BCUT2D eigenvalue weighted by molar-refractivity contribution is 6.32. The molecule has 1 aliphatic rings. The molecule has 0 unspecified atom stereocenters. The van der Waals surface area contributed by atoms with Gasteiger partial charge in [-0.1, -0.05) is 18.2 Å². The first-order chi connectivity index (χ1) is 20.0. The smallest absolute Gasteiger partial charge is 0.247 e. The average Bonchev–Trinajstić information content (AvgIpc) is 2.98. The Labute approximate surface area is 243 Å². The highest BCUT2D eigenvalue weighted by atomic mass is 35.5. The monoisotopic (exact) mass is 574 g/mol. The number of carbonyl (C=O) groups is 1. The zero-order valence-electron chi connectivity index (χ0n) is 22.7. The van der Waals surface area contributed by atoms with E-state index in [9.17, 15) is 4.79 Å². The van der Waals surface area contributed by atoms with Crippen molar-refractivity contribution in [1.29, 1.82) is 0 Å². The lowest BCUT2D eigenvalue weighted by atomic mass is 10.1. The van der Waals surface area contributed by atoms with Gasteiger partial charge >= 0.3 is 0 Å². The Morgan fingerprint density at radius 3 is 2.71 bits per heavy atom. The van der Waals surface area contributed by atoms with Crippen LogP contribution < -0.4 is 20.1 Å². The molecule has 0 saturated carbocycles. The molecule has 2 N–H and O–H groups in total. The zero-order chi connectivity index (χ0) is 28.6. The van der Waals surface area contributed by atoms with Gasteiger partial charge in [-0.15, -0.1) is 0 Å². The summed E-state index contributed by atoms with van der Waals surface area (Å²) in [6.07, 6.45) is 4.29.